The average Bonchev–Trinajstić information content (AvgIpc) is 3.50. The molecule has 5 heterocycles. The number of hydrogen-bond donors (Lipinski definition) is 1. The fourth-order valence-electron chi connectivity index (χ4n) is 5.08. The van der Waals surface area contributed by atoms with Gasteiger partial charge in [0.05, 0.1) is 17.4 Å². The van der Waals surface area contributed by atoms with Crippen molar-refractivity contribution in [2.45, 2.75) is 64.5 Å². The second-order valence-electron chi connectivity index (χ2n) is 9.86. The highest BCUT2D eigenvalue weighted by atomic mass is 16.2. The Morgan fingerprint density at radius 3 is 2.67 bits per heavy atom. The van der Waals surface area contributed by atoms with Gasteiger partial charge in [0, 0.05) is 50.6 Å². The lowest BCUT2D eigenvalue weighted by molar-refractivity contribution is 0.0594. The summed E-state index contributed by atoms with van der Waals surface area (Å²) in [5, 5.41) is 9.40. The molecule has 176 valence electrons. The minimum atomic E-state index is -0.0608. The SMILES string of the molecule is Cc1cn2nc([C@@H]3CCCCN3C(=O)c3cc(C(C)C)nn3C)cc2nc1N1CC[C@H](N)C1. The Morgan fingerprint density at radius 1 is 1.15 bits per heavy atom. The Balaban J connectivity index is 1.46. The number of aryl methyl sites for hydroxylation is 2. The van der Waals surface area contributed by atoms with Crippen molar-refractivity contribution in [3.63, 3.8) is 0 Å². The number of fused-ring (bicyclic) bond motifs is 1. The van der Waals surface area contributed by atoms with Crippen LogP contribution >= 0.6 is 0 Å². The van der Waals surface area contributed by atoms with Crippen LogP contribution in [-0.4, -0.2) is 60.9 Å². The van der Waals surface area contributed by atoms with Gasteiger partial charge in [-0.15, -0.1) is 0 Å². The summed E-state index contributed by atoms with van der Waals surface area (Å²) in [6.45, 7) is 8.74. The van der Waals surface area contributed by atoms with Crippen LogP contribution in [0.25, 0.3) is 5.65 Å². The van der Waals surface area contributed by atoms with Gasteiger partial charge in [0.2, 0.25) is 0 Å². The molecule has 5 rings (SSSR count). The van der Waals surface area contributed by atoms with Crippen LogP contribution in [0.2, 0.25) is 0 Å². The summed E-state index contributed by atoms with van der Waals surface area (Å²) in [4.78, 5) is 22.7. The third-order valence-electron chi connectivity index (χ3n) is 6.96. The van der Waals surface area contributed by atoms with Crippen molar-refractivity contribution < 1.29 is 4.79 Å². The van der Waals surface area contributed by atoms with Crippen molar-refractivity contribution in [3.05, 3.63) is 41.0 Å². The number of carbonyl (C=O) groups is 1. The molecule has 0 unspecified atom stereocenters. The van der Waals surface area contributed by atoms with Crippen LogP contribution in [0.4, 0.5) is 5.82 Å². The molecule has 2 fully saturated rings. The van der Waals surface area contributed by atoms with Gasteiger partial charge in [-0.2, -0.15) is 10.2 Å². The van der Waals surface area contributed by atoms with Crippen molar-refractivity contribution in [1.29, 1.82) is 0 Å². The fourth-order valence-corrected chi connectivity index (χ4v) is 5.08. The summed E-state index contributed by atoms with van der Waals surface area (Å²) in [7, 11) is 1.85. The molecule has 2 aliphatic rings. The molecule has 1 amide bonds. The number of carbonyl (C=O) groups excluding carboxylic acids is 1. The van der Waals surface area contributed by atoms with Gasteiger partial charge in [0.15, 0.2) is 5.65 Å². The molecule has 0 bridgehead atoms. The molecule has 33 heavy (non-hydrogen) atoms. The van der Waals surface area contributed by atoms with E-state index in [2.05, 4.69) is 30.8 Å². The molecule has 3 aromatic heterocycles. The first kappa shape index (κ1) is 21.9. The van der Waals surface area contributed by atoms with E-state index in [1.54, 1.807) is 4.68 Å². The number of rotatable bonds is 4. The molecule has 0 spiro atoms. The Morgan fingerprint density at radius 2 is 1.97 bits per heavy atom. The van der Waals surface area contributed by atoms with Crippen molar-refractivity contribution in [2.24, 2.45) is 12.8 Å². The van der Waals surface area contributed by atoms with E-state index in [1.807, 2.05) is 34.8 Å². The summed E-state index contributed by atoms with van der Waals surface area (Å²) < 4.78 is 3.56. The lowest BCUT2D eigenvalue weighted by Gasteiger charge is -2.34. The fraction of sp³-hybridized carbons (Fsp3) is 0.583. The van der Waals surface area contributed by atoms with Crippen LogP contribution in [0.1, 0.15) is 78.9 Å². The number of hydrogen-bond acceptors (Lipinski definition) is 6. The highest BCUT2D eigenvalue weighted by molar-refractivity contribution is 5.93. The molecule has 2 aliphatic heterocycles. The Hall–Kier alpha value is -2.94. The van der Waals surface area contributed by atoms with Crippen LogP contribution in [0, 0.1) is 6.92 Å². The van der Waals surface area contributed by atoms with Gasteiger partial charge < -0.3 is 15.5 Å². The summed E-state index contributed by atoms with van der Waals surface area (Å²) >= 11 is 0. The third kappa shape index (κ3) is 3.99. The van der Waals surface area contributed by atoms with Crippen LogP contribution in [0.5, 0.6) is 0 Å². The molecule has 0 aromatic carbocycles. The Kier molecular flexibility index (Phi) is 5.60. The molecule has 0 saturated carbocycles. The van der Waals surface area contributed by atoms with Gasteiger partial charge in [-0.3, -0.25) is 9.48 Å². The number of nitrogens with zero attached hydrogens (tertiary/aromatic N) is 7. The van der Waals surface area contributed by atoms with Gasteiger partial charge in [0.25, 0.3) is 5.91 Å². The maximum Gasteiger partial charge on any atom is 0.272 e. The van der Waals surface area contributed by atoms with Gasteiger partial charge in [-0.1, -0.05) is 13.8 Å². The monoisotopic (exact) mass is 450 g/mol. The molecule has 9 nitrogen and oxygen atoms in total. The third-order valence-corrected chi connectivity index (χ3v) is 6.96. The second-order valence-corrected chi connectivity index (χ2v) is 9.86. The number of piperidine rings is 1. The van der Waals surface area contributed by atoms with E-state index in [0.29, 0.717) is 5.69 Å². The van der Waals surface area contributed by atoms with E-state index < -0.39 is 0 Å². The summed E-state index contributed by atoms with van der Waals surface area (Å²) in [6, 6.07) is 4.11. The van der Waals surface area contributed by atoms with Crippen molar-refractivity contribution in [3.8, 4) is 0 Å². The summed E-state index contributed by atoms with van der Waals surface area (Å²) in [6.07, 6.45) is 6.01. The molecule has 2 saturated heterocycles. The number of amides is 1. The average molecular weight is 451 g/mol. The van der Waals surface area contributed by atoms with Crippen LogP contribution < -0.4 is 10.6 Å². The number of nitrogens with two attached hydrogens (primary N) is 1. The predicted molar refractivity (Wildman–Crippen MR) is 127 cm³/mol. The van der Waals surface area contributed by atoms with Crippen molar-refractivity contribution in [2.75, 3.05) is 24.5 Å². The van der Waals surface area contributed by atoms with E-state index in [0.717, 1.165) is 73.7 Å². The summed E-state index contributed by atoms with van der Waals surface area (Å²) in [5.41, 5.74) is 10.5. The minimum Gasteiger partial charge on any atom is -0.355 e. The second kappa shape index (κ2) is 8.44. The standard InChI is InChI=1S/C24H34N8O/c1-15(2)18-11-21(29(4)27-18)24(33)31-9-6-5-7-20(31)19-12-22-26-23(16(3)13-32(22)28-19)30-10-8-17(25)14-30/h11-13,15,17,20H,5-10,14,25H2,1-4H3/t17-,20-/m0/s1. The first-order valence-electron chi connectivity index (χ1n) is 12.0. The quantitative estimate of drug-likeness (QED) is 0.656. The molecule has 0 radical (unpaired) electrons. The maximum atomic E-state index is 13.6. The number of anilines is 1. The first-order valence-corrected chi connectivity index (χ1v) is 12.0. The zero-order valence-electron chi connectivity index (χ0n) is 20.0. The highest BCUT2D eigenvalue weighted by Gasteiger charge is 2.32. The molecule has 0 aliphatic carbocycles. The topological polar surface area (TPSA) is 97.6 Å². The number of aromatic nitrogens is 5. The van der Waals surface area contributed by atoms with E-state index >= 15 is 0 Å². The van der Waals surface area contributed by atoms with Crippen LogP contribution in [0.15, 0.2) is 18.3 Å². The van der Waals surface area contributed by atoms with Crippen LogP contribution in [0.3, 0.4) is 0 Å². The zero-order chi connectivity index (χ0) is 23.3. The largest absolute Gasteiger partial charge is 0.355 e. The van der Waals surface area contributed by atoms with Gasteiger partial charge in [0.1, 0.15) is 11.5 Å². The van der Waals surface area contributed by atoms with E-state index in [9.17, 15) is 4.79 Å². The van der Waals surface area contributed by atoms with Crippen molar-refractivity contribution in [1.82, 2.24) is 29.3 Å². The molecular weight excluding hydrogens is 416 g/mol. The van der Waals surface area contributed by atoms with Gasteiger partial charge >= 0.3 is 0 Å². The smallest absolute Gasteiger partial charge is 0.272 e. The lowest BCUT2D eigenvalue weighted by Crippen LogP contribution is -2.39. The highest BCUT2D eigenvalue weighted by Crippen LogP contribution is 2.33. The molecule has 2 N–H and O–H groups in total. The van der Waals surface area contributed by atoms with E-state index in [-0.39, 0.29) is 23.9 Å². The van der Waals surface area contributed by atoms with Crippen molar-refractivity contribution >= 4 is 17.4 Å². The molecular formula is C24H34N8O. The van der Waals surface area contributed by atoms with E-state index in [4.69, 9.17) is 15.8 Å². The van der Waals surface area contributed by atoms with Gasteiger partial charge in [-0.25, -0.2) is 9.50 Å². The molecule has 9 heteroatoms. The summed E-state index contributed by atoms with van der Waals surface area (Å²) in [5.74, 6) is 1.28. The minimum absolute atomic E-state index is 0.0227. The normalized spacial score (nSPS) is 21.5. The Labute approximate surface area is 194 Å². The van der Waals surface area contributed by atoms with Gasteiger partial charge in [-0.05, 0) is 44.6 Å². The van der Waals surface area contributed by atoms with E-state index in [1.165, 1.54) is 0 Å². The number of likely N-dealkylation sites (tertiary alicyclic amines) is 1. The lowest BCUT2D eigenvalue weighted by atomic mass is 9.98. The molecule has 2 atom stereocenters. The predicted octanol–water partition coefficient (Wildman–Crippen LogP) is 2.80. The maximum absolute atomic E-state index is 13.6. The van der Waals surface area contributed by atoms with Crippen LogP contribution in [-0.2, 0) is 7.05 Å². The molecule has 3 aromatic rings. The zero-order valence-corrected chi connectivity index (χ0v) is 20.0. The first-order chi connectivity index (χ1) is 15.8. The Bertz CT molecular complexity index is 1180.